The third-order valence-corrected chi connectivity index (χ3v) is 12.7. The summed E-state index contributed by atoms with van der Waals surface area (Å²) in [6.07, 6.45) is 0. The summed E-state index contributed by atoms with van der Waals surface area (Å²) < 4.78 is 2.53. The summed E-state index contributed by atoms with van der Waals surface area (Å²) in [7, 11) is 0. The van der Waals surface area contributed by atoms with Crippen molar-refractivity contribution in [3.63, 3.8) is 0 Å². The van der Waals surface area contributed by atoms with Gasteiger partial charge in [-0.05, 0) is 137 Å². The lowest BCUT2D eigenvalue weighted by Gasteiger charge is -2.35. The van der Waals surface area contributed by atoms with Crippen LogP contribution in [0.15, 0.2) is 54.6 Å². The van der Waals surface area contributed by atoms with Gasteiger partial charge in [0.1, 0.15) is 0 Å². The molecule has 3 N–H and O–H groups in total. The number of amides is 3. The first-order chi connectivity index (χ1) is 26.9. The lowest BCUT2D eigenvalue weighted by molar-refractivity contribution is -0.915. The van der Waals surface area contributed by atoms with Gasteiger partial charge in [-0.3, -0.25) is 14.4 Å². The third kappa shape index (κ3) is 15.3. The molecule has 0 aliphatic heterocycles. The molecule has 3 rings (SSSR count). The molecule has 3 amide bonds. The first-order valence-electron chi connectivity index (χ1n) is 21.6. The van der Waals surface area contributed by atoms with E-state index in [0.717, 1.165) is 123 Å². The number of anilines is 3. The molecule has 0 aliphatic carbocycles. The van der Waals surface area contributed by atoms with Crippen LogP contribution in [0, 0.1) is 41.5 Å². The van der Waals surface area contributed by atoms with Crippen LogP contribution in [0.2, 0.25) is 0 Å². The number of benzene rings is 3. The number of nitrogens with zero attached hydrogens (tertiary/aromatic N) is 3. The Kier molecular flexibility index (Phi) is 22.1. The highest BCUT2D eigenvalue weighted by atomic mass is 16.2. The number of carbonyl (C=O) groups excluding carboxylic acids is 3. The summed E-state index contributed by atoms with van der Waals surface area (Å²) in [5.41, 5.74) is 9.63. The van der Waals surface area contributed by atoms with E-state index in [0.29, 0.717) is 19.6 Å². The fourth-order valence-corrected chi connectivity index (χ4v) is 7.50. The van der Waals surface area contributed by atoms with Crippen molar-refractivity contribution in [1.82, 2.24) is 0 Å². The van der Waals surface area contributed by atoms with E-state index >= 15 is 0 Å². The number of carbonyl (C=O) groups is 3. The predicted molar refractivity (Wildman–Crippen MR) is 244 cm³/mol. The number of hydrogen-bond donors (Lipinski definition) is 3. The number of quaternary nitrogens is 3. The normalized spacial score (nSPS) is 11.4. The molecule has 3 aromatic rings. The summed E-state index contributed by atoms with van der Waals surface area (Å²) in [5, 5.41) is 9.25. The molecule has 0 saturated heterocycles. The van der Waals surface area contributed by atoms with Gasteiger partial charge in [-0.1, -0.05) is 54.6 Å². The van der Waals surface area contributed by atoms with Crippen LogP contribution in [0.3, 0.4) is 0 Å². The summed E-state index contributed by atoms with van der Waals surface area (Å²) in [6, 6.07) is 18.2. The van der Waals surface area contributed by atoms with Gasteiger partial charge < -0.3 is 29.4 Å². The Balaban J connectivity index is 0.000000427. The van der Waals surface area contributed by atoms with Crippen LogP contribution in [0.1, 0.15) is 95.7 Å². The Hall–Kier alpha value is -4.05. The standard InChI is InChI=1S/3C16H26N2O/c3*1-6-18(7-2,8-3)12-15(19)17-16-13(4)10-9-11-14(16)5/h3*9-11H,6-8,12H2,1-5H3/p+3. The number of para-hydroxylation sites is 3. The third-order valence-electron chi connectivity index (χ3n) is 12.7. The molecule has 9 nitrogen and oxygen atoms in total. The van der Waals surface area contributed by atoms with Gasteiger partial charge in [0.2, 0.25) is 0 Å². The molecule has 3 aromatic carbocycles. The van der Waals surface area contributed by atoms with Crippen molar-refractivity contribution >= 4 is 34.8 Å². The van der Waals surface area contributed by atoms with Gasteiger partial charge in [0.05, 0.1) is 58.9 Å². The van der Waals surface area contributed by atoms with Crippen molar-refractivity contribution in [1.29, 1.82) is 0 Å². The van der Waals surface area contributed by atoms with Crippen LogP contribution in [0.5, 0.6) is 0 Å². The number of aryl methyl sites for hydroxylation is 6. The molecule has 57 heavy (non-hydrogen) atoms. The van der Waals surface area contributed by atoms with Crippen molar-refractivity contribution in [2.24, 2.45) is 0 Å². The maximum atomic E-state index is 12.3. The van der Waals surface area contributed by atoms with Crippen LogP contribution in [0.25, 0.3) is 0 Å². The second kappa shape index (κ2) is 24.7. The fraction of sp³-hybridized carbons (Fsp3) is 0.562. The molecule has 0 fully saturated rings. The molecule has 0 aliphatic rings. The zero-order valence-electron chi connectivity index (χ0n) is 38.7. The van der Waals surface area contributed by atoms with E-state index in [1.807, 2.05) is 96.1 Å². The highest BCUT2D eigenvalue weighted by Crippen LogP contribution is 2.22. The number of likely N-dealkylation sites (N-methyl/N-ethyl adjacent to an activating group) is 3. The number of hydrogen-bond acceptors (Lipinski definition) is 3. The van der Waals surface area contributed by atoms with Gasteiger partial charge in [0.25, 0.3) is 17.7 Å². The summed E-state index contributed by atoms with van der Waals surface area (Å²) in [5.74, 6) is 0.342. The maximum absolute atomic E-state index is 12.3. The minimum atomic E-state index is 0.114. The lowest BCUT2D eigenvalue weighted by atomic mass is 10.1. The summed E-state index contributed by atoms with van der Waals surface area (Å²) in [6.45, 7) is 42.2. The molecule has 0 unspecified atom stereocenters. The average molecular weight is 790 g/mol. The van der Waals surface area contributed by atoms with E-state index in [4.69, 9.17) is 0 Å². The van der Waals surface area contributed by atoms with Gasteiger partial charge in [0, 0.05) is 17.1 Å². The fourth-order valence-electron chi connectivity index (χ4n) is 7.50. The summed E-state index contributed by atoms with van der Waals surface area (Å²) in [4.78, 5) is 36.8. The SMILES string of the molecule is CC[N+](CC)(CC)CC(=O)Nc1c(C)cccc1C.CC[N+](CC)(CC)CC(=O)Nc1c(C)cccc1C.CC[N+](CC)(CC)CC(=O)Nc1c(C)cccc1C. The van der Waals surface area contributed by atoms with E-state index in [1.165, 1.54) is 0 Å². The second-order valence-electron chi connectivity index (χ2n) is 15.8. The molecule has 318 valence electrons. The Bertz CT molecular complexity index is 1420. The zero-order valence-corrected chi connectivity index (χ0v) is 38.7. The molecular weight excluding hydrogens is 709 g/mol. The van der Waals surface area contributed by atoms with Crippen LogP contribution in [0.4, 0.5) is 17.1 Å². The van der Waals surface area contributed by atoms with Crippen LogP contribution < -0.4 is 16.0 Å². The smallest absolute Gasteiger partial charge is 0.279 e. The zero-order chi connectivity index (χ0) is 43.4. The minimum Gasteiger partial charge on any atom is -0.321 e. The Morgan fingerprint density at radius 3 is 0.649 bits per heavy atom. The minimum absolute atomic E-state index is 0.114. The van der Waals surface area contributed by atoms with Crippen LogP contribution in [-0.4, -0.2) is 110 Å². The second-order valence-corrected chi connectivity index (χ2v) is 15.8. The van der Waals surface area contributed by atoms with Gasteiger partial charge >= 0.3 is 0 Å². The molecular formula is C48H81N6O3+3. The molecule has 0 bridgehead atoms. The maximum Gasteiger partial charge on any atom is 0.279 e. The average Bonchev–Trinajstić information content (AvgIpc) is 3.20. The van der Waals surface area contributed by atoms with E-state index < -0.39 is 0 Å². The topological polar surface area (TPSA) is 87.3 Å². The first-order valence-corrected chi connectivity index (χ1v) is 21.6. The van der Waals surface area contributed by atoms with Crippen molar-refractivity contribution < 1.29 is 27.8 Å². The van der Waals surface area contributed by atoms with Crippen molar-refractivity contribution in [3.8, 4) is 0 Å². The Morgan fingerprint density at radius 2 is 0.509 bits per heavy atom. The number of rotatable bonds is 18. The summed E-state index contributed by atoms with van der Waals surface area (Å²) >= 11 is 0. The molecule has 0 atom stereocenters. The molecule has 0 aromatic heterocycles. The van der Waals surface area contributed by atoms with E-state index in [9.17, 15) is 14.4 Å². The van der Waals surface area contributed by atoms with E-state index in [2.05, 4.69) is 78.3 Å². The van der Waals surface area contributed by atoms with E-state index in [-0.39, 0.29) is 17.7 Å². The molecule has 9 heteroatoms. The van der Waals surface area contributed by atoms with Gasteiger partial charge in [-0.15, -0.1) is 0 Å². The highest BCUT2D eigenvalue weighted by molar-refractivity contribution is 5.94. The van der Waals surface area contributed by atoms with Gasteiger partial charge in [0.15, 0.2) is 19.6 Å². The van der Waals surface area contributed by atoms with Crippen LogP contribution in [-0.2, 0) is 14.4 Å². The number of nitrogens with one attached hydrogen (secondary N) is 3. The van der Waals surface area contributed by atoms with Crippen molar-refractivity contribution in [3.05, 3.63) is 88.0 Å². The largest absolute Gasteiger partial charge is 0.321 e. The van der Waals surface area contributed by atoms with E-state index in [1.54, 1.807) is 0 Å². The highest BCUT2D eigenvalue weighted by Gasteiger charge is 2.27. The molecule has 0 saturated carbocycles. The van der Waals surface area contributed by atoms with Gasteiger partial charge in [-0.2, -0.15) is 0 Å². The Morgan fingerprint density at radius 1 is 0.351 bits per heavy atom. The quantitative estimate of drug-likeness (QED) is 0.112. The molecule has 0 heterocycles. The van der Waals surface area contributed by atoms with Crippen molar-refractivity contribution in [2.75, 3.05) is 94.5 Å². The predicted octanol–water partition coefficient (Wildman–Crippen LogP) is 9.36. The molecule has 0 radical (unpaired) electrons. The van der Waals surface area contributed by atoms with Gasteiger partial charge in [-0.25, -0.2) is 0 Å². The monoisotopic (exact) mass is 790 g/mol. The van der Waals surface area contributed by atoms with Crippen LogP contribution >= 0.6 is 0 Å². The lowest BCUT2D eigenvalue weighted by Crippen LogP contribution is -2.52. The first kappa shape index (κ1) is 51.0. The molecule has 0 spiro atoms. The Labute approximate surface area is 348 Å². The van der Waals surface area contributed by atoms with Crippen molar-refractivity contribution in [2.45, 2.75) is 104 Å².